The molecule has 1 amide bonds. The number of aliphatic hydroxyl groups excluding tert-OH is 1. The zero-order chi connectivity index (χ0) is 18.3. The standard InChI is InChI=1S/C20H28N4O2/c1-14-16(15-5-3-4-6-17(15)21-14)11-20(26)24-12-18(19(25)13-24)23-9-7-22(2)8-10-23/h3-6,18-19,21,25H,7-13H2,1-2H3/t18-,19-/m0/s1. The Kier molecular flexibility index (Phi) is 4.73. The number of likely N-dealkylation sites (N-methyl/N-ethyl adjacent to an activating group) is 1. The van der Waals surface area contributed by atoms with Crippen LogP contribution in [0.1, 0.15) is 11.3 Å². The van der Waals surface area contributed by atoms with Crippen molar-refractivity contribution in [2.75, 3.05) is 46.3 Å². The number of carbonyl (C=O) groups is 1. The van der Waals surface area contributed by atoms with E-state index >= 15 is 0 Å². The van der Waals surface area contributed by atoms with Crippen molar-refractivity contribution in [3.05, 3.63) is 35.5 Å². The second kappa shape index (κ2) is 7.02. The van der Waals surface area contributed by atoms with Crippen molar-refractivity contribution in [1.29, 1.82) is 0 Å². The molecule has 140 valence electrons. The zero-order valence-corrected chi connectivity index (χ0v) is 15.6. The van der Waals surface area contributed by atoms with Crippen LogP contribution in [0.4, 0.5) is 0 Å². The molecular weight excluding hydrogens is 328 g/mol. The topological polar surface area (TPSA) is 62.8 Å². The molecule has 0 unspecified atom stereocenters. The SMILES string of the molecule is Cc1[nH]c2ccccc2c1CC(=O)N1C[C@H](O)[C@@H](N2CCN(C)CC2)C1. The van der Waals surface area contributed by atoms with Crippen LogP contribution in [0.25, 0.3) is 10.9 Å². The van der Waals surface area contributed by atoms with Gasteiger partial charge in [-0.2, -0.15) is 0 Å². The molecular formula is C20H28N4O2. The minimum Gasteiger partial charge on any atom is -0.390 e. The third-order valence-electron chi connectivity index (χ3n) is 5.97. The van der Waals surface area contributed by atoms with Gasteiger partial charge in [0, 0.05) is 55.9 Å². The lowest BCUT2D eigenvalue weighted by Crippen LogP contribution is -2.52. The summed E-state index contributed by atoms with van der Waals surface area (Å²) >= 11 is 0. The Balaban J connectivity index is 1.45. The number of fused-ring (bicyclic) bond motifs is 1. The number of H-pyrrole nitrogens is 1. The highest BCUT2D eigenvalue weighted by molar-refractivity contribution is 5.90. The number of nitrogens with zero attached hydrogens (tertiary/aromatic N) is 3. The summed E-state index contributed by atoms with van der Waals surface area (Å²) < 4.78 is 0. The van der Waals surface area contributed by atoms with Crippen molar-refractivity contribution in [3.63, 3.8) is 0 Å². The van der Waals surface area contributed by atoms with Gasteiger partial charge in [0.15, 0.2) is 0 Å². The van der Waals surface area contributed by atoms with E-state index in [1.807, 2.05) is 30.0 Å². The predicted molar refractivity (Wildman–Crippen MR) is 102 cm³/mol. The summed E-state index contributed by atoms with van der Waals surface area (Å²) in [6, 6.07) is 8.18. The summed E-state index contributed by atoms with van der Waals surface area (Å²) in [4.78, 5) is 22.8. The molecule has 2 aliphatic heterocycles. The van der Waals surface area contributed by atoms with Crippen LogP contribution in [0.5, 0.6) is 0 Å². The van der Waals surface area contributed by atoms with Gasteiger partial charge in [0.25, 0.3) is 0 Å². The number of amides is 1. The van der Waals surface area contributed by atoms with E-state index in [-0.39, 0.29) is 11.9 Å². The number of benzene rings is 1. The number of likely N-dealkylation sites (tertiary alicyclic amines) is 1. The fourth-order valence-electron chi connectivity index (χ4n) is 4.31. The van der Waals surface area contributed by atoms with Crippen molar-refractivity contribution < 1.29 is 9.90 Å². The van der Waals surface area contributed by atoms with Gasteiger partial charge in [0.05, 0.1) is 18.6 Å². The van der Waals surface area contributed by atoms with E-state index < -0.39 is 6.10 Å². The van der Waals surface area contributed by atoms with Gasteiger partial charge in [-0.3, -0.25) is 9.69 Å². The van der Waals surface area contributed by atoms with Gasteiger partial charge < -0.3 is 19.9 Å². The van der Waals surface area contributed by atoms with E-state index in [1.54, 1.807) is 0 Å². The van der Waals surface area contributed by atoms with Gasteiger partial charge in [-0.1, -0.05) is 18.2 Å². The van der Waals surface area contributed by atoms with Crippen LogP contribution in [-0.2, 0) is 11.2 Å². The number of hydrogen-bond acceptors (Lipinski definition) is 4. The summed E-state index contributed by atoms with van der Waals surface area (Å²) in [5.41, 5.74) is 3.20. The Morgan fingerprint density at radius 1 is 1.19 bits per heavy atom. The van der Waals surface area contributed by atoms with E-state index in [0.717, 1.165) is 48.3 Å². The molecule has 0 aliphatic carbocycles. The third kappa shape index (κ3) is 3.24. The largest absolute Gasteiger partial charge is 0.390 e. The van der Waals surface area contributed by atoms with Crippen molar-refractivity contribution in [2.24, 2.45) is 0 Å². The Morgan fingerprint density at radius 2 is 1.92 bits per heavy atom. The van der Waals surface area contributed by atoms with E-state index in [0.29, 0.717) is 19.5 Å². The first-order valence-electron chi connectivity index (χ1n) is 9.47. The lowest BCUT2D eigenvalue weighted by molar-refractivity contribution is -0.129. The number of piperazine rings is 1. The average molecular weight is 356 g/mol. The zero-order valence-electron chi connectivity index (χ0n) is 15.6. The molecule has 0 radical (unpaired) electrons. The normalized spacial score (nSPS) is 25.3. The summed E-state index contributed by atoms with van der Waals surface area (Å²) in [7, 11) is 2.13. The Hall–Kier alpha value is -1.89. The van der Waals surface area contributed by atoms with E-state index in [2.05, 4.69) is 27.9 Å². The fourth-order valence-corrected chi connectivity index (χ4v) is 4.31. The number of nitrogens with one attached hydrogen (secondary N) is 1. The summed E-state index contributed by atoms with van der Waals surface area (Å²) in [5, 5.41) is 11.6. The van der Waals surface area contributed by atoms with Crippen LogP contribution in [0, 0.1) is 6.92 Å². The van der Waals surface area contributed by atoms with Crippen LogP contribution in [0.3, 0.4) is 0 Å². The molecule has 3 heterocycles. The first-order chi connectivity index (χ1) is 12.5. The van der Waals surface area contributed by atoms with Gasteiger partial charge in [-0.15, -0.1) is 0 Å². The lowest BCUT2D eigenvalue weighted by atomic mass is 10.1. The van der Waals surface area contributed by atoms with Crippen LogP contribution >= 0.6 is 0 Å². The molecule has 2 aromatic rings. The predicted octanol–water partition coefficient (Wildman–Crippen LogP) is 0.838. The molecule has 6 heteroatoms. The molecule has 1 aromatic carbocycles. The minimum atomic E-state index is -0.452. The van der Waals surface area contributed by atoms with Crippen LogP contribution in [-0.4, -0.2) is 89.2 Å². The monoisotopic (exact) mass is 356 g/mol. The maximum atomic E-state index is 12.9. The molecule has 0 bridgehead atoms. The molecule has 2 saturated heterocycles. The van der Waals surface area contributed by atoms with Crippen molar-refractivity contribution in [2.45, 2.75) is 25.5 Å². The van der Waals surface area contributed by atoms with Gasteiger partial charge in [0.2, 0.25) is 5.91 Å². The number of para-hydroxylation sites is 1. The molecule has 0 spiro atoms. The van der Waals surface area contributed by atoms with E-state index in [9.17, 15) is 9.90 Å². The van der Waals surface area contributed by atoms with Gasteiger partial charge in [0.1, 0.15) is 0 Å². The lowest BCUT2D eigenvalue weighted by Gasteiger charge is -2.37. The number of aliphatic hydroxyl groups is 1. The van der Waals surface area contributed by atoms with Crippen LogP contribution in [0.2, 0.25) is 0 Å². The number of hydrogen-bond donors (Lipinski definition) is 2. The van der Waals surface area contributed by atoms with Crippen molar-refractivity contribution in [3.8, 4) is 0 Å². The molecule has 6 nitrogen and oxygen atoms in total. The molecule has 4 rings (SSSR count). The molecule has 2 atom stereocenters. The first kappa shape index (κ1) is 17.5. The van der Waals surface area contributed by atoms with Crippen LogP contribution in [0.15, 0.2) is 24.3 Å². The van der Waals surface area contributed by atoms with E-state index in [1.165, 1.54) is 0 Å². The highest BCUT2D eigenvalue weighted by atomic mass is 16.3. The average Bonchev–Trinajstić information content (AvgIpc) is 3.16. The Labute approximate surface area is 154 Å². The number of β-amino-alcohol motifs (C(OH)–C–C–N with tert-alkyl or cyclic N) is 1. The fraction of sp³-hybridized carbons (Fsp3) is 0.550. The number of aromatic amines is 1. The van der Waals surface area contributed by atoms with Crippen molar-refractivity contribution >= 4 is 16.8 Å². The van der Waals surface area contributed by atoms with E-state index in [4.69, 9.17) is 0 Å². The number of rotatable bonds is 3. The second-order valence-corrected chi connectivity index (χ2v) is 7.72. The molecule has 0 saturated carbocycles. The highest BCUT2D eigenvalue weighted by Crippen LogP contribution is 2.24. The molecule has 26 heavy (non-hydrogen) atoms. The van der Waals surface area contributed by atoms with Gasteiger partial charge >= 0.3 is 0 Å². The summed E-state index contributed by atoms with van der Waals surface area (Å²) in [6.07, 6.45) is -0.0655. The summed E-state index contributed by atoms with van der Waals surface area (Å²) in [5.74, 6) is 0.105. The minimum absolute atomic E-state index is 0.0664. The second-order valence-electron chi connectivity index (χ2n) is 7.72. The maximum Gasteiger partial charge on any atom is 0.227 e. The Bertz CT molecular complexity index is 794. The molecule has 2 fully saturated rings. The number of carbonyl (C=O) groups excluding carboxylic acids is 1. The highest BCUT2D eigenvalue weighted by Gasteiger charge is 2.38. The smallest absolute Gasteiger partial charge is 0.227 e. The van der Waals surface area contributed by atoms with Crippen LogP contribution < -0.4 is 0 Å². The first-order valence-corrected chi connectivity index (χ1v) is 9.47. The van der Waals surface area contributed by atoms with Crippen molar-refractivity contribution in [1.82, 2.24) is 19.7 Å². The maximum absolute atomic E-state index is 12.9. The third-order valence-corrected chi connectivity index (χ3v) is 5.97. The van der Waals surface area contributed by atoms with Gasteiger partial charge in [-0.25, -0.2) is 0 Å². The molecule has 2 N–H and O–H groups in total. The van der Waals surface area contributed by atoms with Gasteiger partial charge in [-0.05, 0) is 25.6 Å². The number of aryl methyl sites for hydroxylation is 1. The quantitative estimate of drug-likeness (QED) is 0.856. The Morgan fingerprint density at radius 3 is 2.69 bits per heavy atom. The number of aromatic nitrogens is 1. The molecule has 1 aromatic heterocycles. The molecule has 2 aliphatic rings. The summed E-state index contributed by atoms with van der Waals surface area (Å²) in [6.45, 7) is 7.05.